The molecule has 4 heteroatoms. The molecule has 0 bridgehead atoms. The Morgan fingerprint density at radius 1 is 1.71 bits per heavy atom. The lowest BCUT2D eigenvalue weighted by atomic mass is 9.92. The lowest BCUT2D eigenvalue weighted by Crippen LogP contribution is -2.28. The van der Waals surface area contributed by atoms with E-state index >= 15 is 0 Å². The Balaban J connectivity index is 2.13. The van der Waals surface area contributed by atoms with Gasteiger partial charge in [-0.05, 0) is 5.57 Å². The van der Waals surface area contributed by atoms with Crippen molar-refractivity contribution in [3.63, 3.8) is 0 Å². The smallest absolute Gasteiger partial charge is 0.307 e. The van der Waals surface area contributed by atoms with Crippen LogP contribution in [0.4, 0.5) is 0 Å². The number of nitrogens with zero attached hydrogens (tertiary/aromatic N) is 2. The SMILES string of the molecule is CN1N=CC2C=CC(CC(=O)O)=CC21. The summed E-state index contributed by atoms with van der Waals surface area (Å²) in [4.78, 5) is 10.5. The number of hydrazone groups is 1. The molecular formula is C10H12N2O2. The van der Waals surface area contributed by atoms with E-state index in [0.717, 1.165) is 5.57 Å². The Hall–Kier alpha value is -1.58. The molecule has 0 aromatic heterocycles. The van der Waals surface area contributed by atoms with E-state index in [-0.39, 0.29) is 12.5 Å². The Labute approximate surface area is 82.2 Å². The van der Waals surface area contributed by atoms with Crippen LogP contribution >= 0.6 is 0 Å². The monoisotopic (exact) mass is 192 g/mol. The number of allylic oxidation sites excluding steroid dienone is 1. The van der Waals surface area contributed by atoms with Crippen LogP contribution in [-0.4, -0.2) is 35.4 Å². The number of hydrogen-bond acceptors (Lipinski definition) is 3. The molecule has 0 aromatic carbocycles. The van der Waals surface area contributed by atoms with E-state index in [0.29, 0.717) is 5.92 Å². The molecule has 1 aliphatic carbocycles. The van der Waals surface area contributed by atoms with E-state index in [1.165, 1.54) is 0 Å². The highest BCUT2D eigenvalue weighted by molar-refractivity contribution is 5.73. The maximum absolute atomic E-state index is 10.5. The second-order valence-electron chi connectivity index (χ2n) is 3.58. The summed E-state index contributed by atoms with van der Waals surface area (Å²) in [5, 5.41) is 14.7. The molecule has 0 aromatic rings. The lowest BCUT2D eigenvalue weighted by Gasteiger charge is -2.23. The van der Waals surface area contributed by atoms with E-state index in [4.69, 9.17) is 5.11 Å². The molecule has 0 spiro atoms. The van der Waals surface area contributed by atoms with Gasteiger partial charge in [-0.1, -0.05) is 18.2 Å². The molecule has 2 unspecified atom stereocenters. The van der Waals surface area contributed by atoms with Gasteiger partial charge in [0.05, 0.1) is 12.5 Å². The molecule has 2 atom stereocenters. The molecule has 1 N–H and O–H groups in total. The fraction of sp³-hybridized carbons (Fsp3) is 0.400. The summed E-state index contributed by atoms with van der Waals surface area (Å²) in [6.07, 6.45) is 7.84. The predicted octanol–water partition coefficient (Wildman–Crippen LogP) is 0.873. The van der Waals surface area contributed by atoms with Crippen LogP contribution < -0.4 is 0 Å². The molecule has 0 saturated carbocycles. The zero-order chi connectivity index (χ0) is 10.1. The van der Waals surface area contributed by atoms with Crippen molar-refractivity contribution in [3.8, 4) is 0 Å². The molecule has 1 aliphatic heterocycles. The van der Waals surface area contributed by atoms with E-state index in [1.54, 1.807) is 0 Å². The van der Waals surface area contributed by atoms with Gasteiger partial charge in [-0.3, -0.25) is 9.80 Å². The van der Waals surface area contributed by atoms with Crippen molar-refractivity contribution in [2.75, 3.05) is 7.05 Å². The minimum absolute atomic E-state index is 0.0908. The van der Waals surface area contributed by atoms with E-state index in [2.05, 4.69) is 5.10 Å². The van der Waals surface area contributed by atoms with Crippen LogP contribution in [0.1, 0.15) is 6.42 Å². The fourth-order valence-corrected chi connectivity index (χ4v) is 1.78. The van der Waals surface area contributed by atoms with E-state index in [1.807, 2.05) is 36.5 Å². The van der Waals surface area contributed by atoms with Crippen molar-refractivity contribution in [1.82, 2.24) is 5.01 Å². The summed E-state index contributed by atoms with van der Waals surface area (Å²) >= 11 is 0. The average Bonchev–Trinajstić information content (AvgIpc) is 2.47. The zero-order valence-corrected chi connectivity index (χ0v) is 7.92. The molecule has 0 fully saturated rings. The number of aliphatic carboxylic acids is 1. The van der Waals surface area contributed by atoms with Crippen molar-refractivity contribution in [3.05, 3.63) is 23.8 Å². The van der Waals surface area contributed by atoms with Gasteiger partial charge in [0.15, 0.2) is 0 Å². The maximum atomic E-state index is 10.5. The molecule has 2 rings (SSSR count). The van der Waals surface area contributed by atoms with Crippen molar-refractivity contribution >= 4 is 12.2 Å². The van der Waals surface area contributed by atoms with Crippen LogP contribution in [0.5, 0.6) is 0 Å². The van der Waals surface area contributed by atoms with Gasteiger partial charge in [-0.2, -0.15) is 5.10 Å². The number of rotatable bonds is 2. The normalized spacial score (nSPS) is 28.9. The van der Waals surface area contributed by atoms with Crippen LogP contribution in [0, 0.1) is 5.92 Å². The zero-order valence-electron chi connectivity index (χ0n) is 7.92. The first-order valence-electron chi connectivity index (χ1n) is 4.54. The van der Waals surface area contributed by atoms with Gasteiger partial charge in [0.25, 0.3) is 0 Å². The molecule has 74 valence electrons. The van der Waals surface area contributed by atoms with Gasteiger partial charge < -0.3 is 5.11 Å². The summed E-state index contributed by atoms with van der Waals surface area (Å²) in [5.41, 5.74) is 0.858. The second-order valence-corrected chi connectivity index (χ2v) is 3.58. The molecule has 1 heterocycles. The Kier molecular flexibility index (Phi) is 2.11. The van der Waals surface area contributed by atoms with Crippen LogP contribution in [0.2, 0.25) is 0 Å². The summed E-state index contributed by atoms with van der Waals surface area (Å²) in [7, 11) is 1.90. The summed E-state index contributed by atoms with van der Waals surface area (Å²) in [6.45, 7) is 0. The van der Waals surface area contributed by atoms with Crippen LogP contribution in [0.15, 0.2) is 28.9 Å². The fourth-order valence-electron chi connectivity index (χ4n) is 1.78. The predicted molar refractivity (Wildman–Crippen MR) is 53.0 cm³/mol. The van der Waals surface area contributed by atoms with Gasteiger partial charge in [0.2, 0.25) is 0 Å². The summed E-state index contributed by atoms with van der Waals surface area (Å²) in [5.74, 6) is -0.488. The number of likely N-dealkylation sites (N-methyl/N-ethyl adjacent to an activating group) is 1. The van der Waals surface area contributed by atoms with Crippen LogP contribution in [0.3, 0.4) is 0 Å². The quantitative estimate of drug-likeness (QED) is 0.706. The number of carboxylic acids is 1. The summed E-state index contributed by atoms with van der Waals surface area (Å²) in [6, 6.07) is 0.203. The van der Waals surface area contributed by atoms with Crippen LogP contribution in [-0.2, 0) is 4.79 Å². The van der Waals surface area contributed by atoms with Gasteiger partial charge in [-0.25, -0.2) is 0 Å². The standard InChI is InChI=1S/C10H12N2O2/c1-12-9-4-7(5-10(13)14)2-3-8(9)6-11-12/h2-4,6,8-9H,5H2,1H3,(H,13,14). The highest BCUT2D eigenvalue weighted by atomic mass is 16.4. The number of carbonyl (C=O) groups is 1. The molecule has 0 saturated heterocycles. The number of carboxylic acid groups (broad SMARTS) is 1. The van der Waals surface area contributed by atoms with Crippen molar-refractivity contribution in [2.24, 2.45) is 11.0 Å². The first kappa shape index (κ1) is 8.99. The van der Waals surface area contributed by atoms with Crippen molar-refractivity contribution in [1.29, 1.82) is 0 Å². The van der Waals surface area contributed by atoms with Gasteiger partial charge in [-0.15, -0.1) is 0 Å². The van der Waals surface area contributed by atoms with Crippen LogP contribution in [0.25, 0.3) is 0 Å². The molecular weight excluding hydrogens is 180 g/mol. The first-order chi connectivity index (χ1) is 6.66. The Morgan fingerprint density at radius 3 is 3.21 bits per heavy atom. The summed E-state index contributed by atoms with van der Waals surface area (Å²) < 4.78 is 0. The molecule has 4 nitrogen and oxygen atoms in total. The average molecular weight is 192 g/mol. The molecule has 2 aliphatic rings. The molecule has 14 heavy (non-hydrogen) atoms. The second kappa shape index (κ2) is 3.29. The highest BCUT2D eigenvalue weighted by Crippen LogP contribution is 2.25. The maximum Gasteiger partial charge on any atom is 0.307 e. The molecule has 0 amide bonds. The third kappa shape index (κ3) is 1.55. The number of hydrogen-bond donors (Lipinski definition) is 1. The lowest BCUT2D eigenvalue weighted by molar-refractivity contribution is -0.136. The van der Waals surface area contributed by atoms with Gasteiger partial charge in [0, 0.05) is 19.2 Å². The third-order valence-electron chi connectivity index (χ3n) is 2.52. The molecule has 0 radical (unpaired) electrons. The minimum atomic E-state index is -0.791. The van der Waals surface area contributed by atoms with Crippen molar-refractivity contribution < 1.29 is 9.90 Å². The Morgan fingerprint density at radius 2 is 2.50 bits per heavy atom. The van der Waals surface area contributed by atoms with Crippen molar-refractivity contribution in [2.45, 2.75) is 12.5 Å². The van der Waals surface area contributed by atoms with E-state index in [9.17, 15) is 4.79 Å². The largest absolute Gasteiger partial charge is 0.481 e. The minimum Gasteiger partial charge on any atom is -0.481 e. The highest BCUT2D eigenvalue weighted by Gasteiger charge is 2.27. The first-order valence-corrected chi connectivity index (χ1v) is 4.54. The van der Waals surface area contributed by atoms with Gasteiger partial charge >= 0.3 is 5.97 Å². The van der Waals surface area contributed by atoms with E-state index < -0.39 is 5.97 Å². The topological polar surface area (TPSA) is 52.9 Å². The Bertz CT molecular complexity index is 344. The van der Waals surface area contributed by atoms with Gasteiger partial charge in [0.1, 0.15) is 0 Å². The third-order valence-corrected chi connectivity index (χ3v) is 2.52. The number of fused-ring (bicyclic) bond motifs is 1.